The van der Waals surface area contributed by atoms with Crippen molar-refractivity contribution < 1.29 is 14.6 Å². The number of fused-ring (bicyclic) bond motifs is 1. The second-order valence-corrected chi connectivity index (χ2v) is 4.52. The van der Waals surface area contributed by atoms with Gasteiger partial charge in [0.05, 0.1) is 29.2 Å². The zero-order chi connectivity index (χ0) is 14.0. The summed E-state index contributed by atoms with van der Waals surface area (Å²) in [6, 6.07) is 5.18. The van der Waals surface area contributed by atoms with E-state index < -0.39 is 5.97 Å². The standard InChI is InChI=1S/C14H18N2O3/c1-4-12-15-11-7-5-6-10(14(17)18)13(11)16(12)8-9(2)19-3/h5-7,9H,4,8H2,1-3H3,(H,17,18). The van der Waals surface area contributed by atoms with Crippen LogP contribution in [0.25, 0.3) is 11.0 Å². The number of rotatable bonds is 5. The number of para-hydroxylation sites is 1. The molecule has 0 bridgehead atoms. The Hall–Kier alpha value is -1.88. The second kappa shape index (κ2) is 5.40. The lowest BCUT2D eigenvalue weighted by Crippen LogP contribution is -2.17. The molecule has 1 unspecified atom stereocenters. The van der Waals surface area contributed by atoms with Crippen LogP contribution < -0.4 is 0 Å². The molecule has 1 aromatic carbocycles. The summed E-state index contributed by atoms with van der Waals surface area (Å²) in [6.45, 7) is 4.56. The lowest BCUT2D eigenvalue weighted by molar-refractivity contribution is 0.0697. The number of carbonyl (C=O) groups is 1. The van der Waals surface area contributed by atoms with E-state index in [-0.39, 0.29) is 11.7 Å². The van der Waals surface area contributed by atoms with Gasteiger partial charge in [-0.25, -0.2) is 9.78 Å². The van der Waals surface area contributed by atoms with Gasteiger partial charge in [-0.2, -0.15) is 0 Å². The van der Waals surface area contributed by atoms with Crippen molar-refractivity contribution in [2.24, 2.45) is 0 Å². The van der Waals surface area contributed by atoms with Gasteiger partial charge in [-0.3, -0.25) is 0 Å². The van der Waals surface area contributed by atoms with Crippen LogP contribution in [0, 0.1) is 0 Å². The Balaban J connectivity index is 2.66. The van der Waals surface area contributed by atoms with Gasteiger partial charge >= 0.3 is 5.97 Å². The van der Waals surface area contributed by atoms with Crippen LogP contribution in [0.4, 0.5) is 0 Å². The zero-order valence-electron chi connectivity index (χ0n) is 11.4. The minimum absolute atomic E-state index is 0.00421. The normalized spacial score (nSPS) is 12.8. The topological polar surface area (TPSA) is 64.3 Å². The van der Waals surface area contributed by atoms with Gasteiger partial charge in [0, 0.05) is 13.5 Å². The molecule has 2 rings (SSSR count). The molecule has 5 nitrogen and oxygen atoms in total. The Morgan fingerprint density at radius 2 is 2.26 bits per heavy atom. The van der Waals surface area contributed by atoms with Gasteiger partial charge in [-0.15, -0.1) is 0 Å². The zero-order valence-corrected chi connectivity index (χ0v) is 11.4. The number of hydrogen-bond acceptors (Lipinski definition) is 3. The number of benzene rings is 1. The van der Waals surface area contributed by atoms with Crippen molar-refractivity contribution >= 4 is 17.0 Å². The highest BCUT2D eigenvalue weighted by atomic mass is 16.5. The summed E-state index contributed by atoms with van der Waals surface area (Å²) in [5.74, 6) is -0.0490. The summed E-state index contributed by atoms with van der Waals surface area (Å²) < 4.78 is 7.23. The number of aromatic carboxylic acids is 1. The smallest absolute Gasteiger partial charge is 0.337 e. The Morgan fingerprint density at radius 1 is 1.53 bits per heavy atom. The van der Waals surface area contributed by atoms with Crippen molar-refractivity contribution in [2.45, 2.75) is 32.9 Å². The van der Waals surface area contributed by atoms with Gasteiger partial charge in [0.25, 0.3) is 0 Å². The van der Waals surface area contributed by atoms with Gasteiger partial charge in [0.1, 0.15) is 5.82 Å². The van der Waals surface area contributed by atoms with Crippen LogP contribution in [-0.4, -0.2) is 33.8 Å². The first-order valence-corrected chi connectivity index (χ1v) is 6.32. The van der Waals surface area contributed by atoms with E-state index in [1.165, 1.54) is 0 Å². The number of ether oxygens (including phenoxy) is 1. The molecule has 0 aliphatic rings. The monoisotopic (exact) mass is 262 g/mol. The van der Waals surface area contributed by atoms with Gasteiger partial charge in [0.2, 0.25) is 0 Å². The Morgan fingerprint density at radius 3 is 2.84 bits per heavy atom. The van der Waals surface area contributed by atoms with E-state index in [1.807, 2.05) is 24.5 Å². The predicted octanol–water partition coefficient (Wildman–Crippen LogP) is 2.33. The second-order valence-electron chi connectivity index (χ2n) is 4.52. The highest BCUT2D eigenvalue weighted by Crippen LogP contribution is 2.22. The third-order valence-electron chi connectivity index (χ3n) is 3.23. The molecular weight excluding hydrogens is 244 g/mol. The number of nitrogens with zero attached hydrogens (tertiary/aromatic N) is 2. The minimum atomic E-state index is -0.931. The van der Waals surface area contributed by atoms with Gasteiger partial charge in [-0.1, -0.05) is 13.0 Å². The van der Waals surface area contributed by atoms with Gasteiger partial charge in [-0.05, 0) is 19.1 Å². The third kappa shape index (κ3) is 2.46. The van der Waals surface area contributed by atoms with E-state index in [0.29, 0.717) is 12.1 Å². The average molecular weight is 262 g/mol. The van der Waals surface area contributed by atoms with Crippen molar-refractivity contribution in [3.8, 4) is 0 Å². The molecule has 0 radical (unpaired) electrons. The number of carboxylic acid groups (broad SMARTS) is 1. The quantitative estimate of drug-likeness (QED) is 0.898. The van der Waals surface area contributed by atoms with Crippen LogP contribution in [0.5, 0.6) is 0 Å². The van der Waals surface area contributed by atoms with Crippen molar-refractivity contribution in [3.05, 3.63) is 29.6 Å². The fourth-order valence-corrected chi connectivity index (χ4v) is 2.20. The van der Waals surface area contributed by atoms with E-state index in [4.69, 9.17) is 4.74 Å². The fourth-order valence-electron chi connectivity index (χ4n) is 2.20. The van der Waals surface area contributed by atoms with E-state index in [9.17, 15) is 9.90 Å². The number of aromatic nitrogens is 2. The molecule has 0 aliphatic carbocycles. The molecule has 2 aromatic rings. The summed E-state index contributed by atoms with van der Waals surface area (Å²) in [5, 5.41) is 9.31. The SMILES string of the molecule is CCc1nc2cccc(C(=O)O)c2n1CC(C)OC. The van der Waals surface area contributed by atoms with Crippen molar-refractivity contribution in [1.82, 2.24) is 9.55 Å². The molecule has 102 valence electrons. The van der Waals surface area contributed by atoms with Crippen LogP contribution in [0.15, 0.2) is 18.2 Å². The molecular formula is C14H18N2O3. The lowest BCUT2D eigenvalue weighted by Gasteiger charge is -2.14. The fraction of sp³-hybridized carbons (Fsp3) is 0.429. The molecule has 19 heavy (non-hydrogen) atoms. The molecule has 0 aliphatic heterocycles. The van der Waals surface area contributed by atoms with E-state index in [0.717, 1.165) is 17.8 Å². The van der Waals surface area contributed by atoms with E-state index >= 15 is 0 Å². The molecule has 1 atom stereocenters. The number of hydrogen-bond donors (Lipinski definition) is 1. The van der Waals surface area contributed by atoms with Crippen molar-refractivity contribution in [2.75, 3.05) is 7.11 Å². The summed E-state index contributed by atoms with van der Waals surface area (Å²) in [6.07, 6.45) is 0.758. The van der Waals surface area contributed by atoms with Crippen LogP contribution >= 0.6 is 0 Å². The minimum Gasteiger partial charge on any atom is -0.478 e. The summed E-state index contributed by atoms with van der Waals surface area (Å²) in [7, 11) is 1.65. The van der Waals surface area contributed by atoms with Crippen LogP contribution in [0.2, 0.25) is 0 Å². The highest BCUT2D eigenvalue weighted by Gasteiger charge is 2.17. The number of imidazole rings is 1. The molecule has 0 saturated heterocycles. The summed E-state index contributed by atoms with van der Waals surface area (Å²) in [5.41, 5.74) is 1.68. The van der Waals surface area contributed by atoms with E-state index in [1.54, 1.807) is 19.2 Å². The molecule has 1 heterocycles. The number of methoxy groups -OCH3 is 1. The molecule has 0 fully saturated rings. The van der Waals surface area contributed by atoms with E-state index in [2.05, 4.69) is 4.98 Å². The maximum absolute atomic E-state index is 11.3. The van der Waals surface area contributed by atoms with Crippen LogP contribution in [0.3, 0.4) is 0 Å². The van der Waals surface area contributed by atoms with Crippen LogP contribution in [0.1, 0.15) is 30.0 Å². The molecule has 1 aromatic heterocycles. The molecule has 0 amide bonds. The lowest BCUT2D eigenvalue weighted by atomic mass is 10.2. The summed E-state index contributed by atoms with van der Waals surface area (Å²) in [4.78, 5) is 15.9. The van der Waals surface area contributed by atoms with Gasteiger partial charge < -0.3 is 14.4 Å². The first kappa shape index (κ1) is 13.5. The van der Waals surface area contributed by atoms with Crippen LogP contribution in [-0.2, 0) is 17.7 Å². The Labute approximate surface area is 111 Å². The number of aryl methyl sites for hydroxylation is 1. The summed E-state index contributed by atoms with van der Waals surface area (Å²) >= 11 is 0. The Bertz CT molecular complexity index is 604. The third-order valence-corrected chi connectivity index (χ3v) is 3.23. The van der Waals surface area contributed by atoms with Crippen molar-refractivity contribution in [1.29, 1.82) is 0 Å². The predicted molar refractivity (Wildman–Crippen MR) is 72.5 cm³/mol. The first-order chi connectivity index (χ1) is 9.08. The molecule has 5 heteroatoms. The maximum atomic E-state index is 11.3. The Kier molecular flexibility index (Phi) is 3.85. The number of carboxylic acids is 1. The average Bonchev–Trinajstić information content (AvgIpc) is 2.76. The largest absolute Gasteiger partial charge is 0.478 e. The highest BCUT2D eigenvalue weighted by molar-refractivity contribution is 6.01. The molecule has 0 saturated carbocycles. The maximum Gasteiger partial charge on any atom is 0.337 e. The van der Waals surface area contributed by atoms with Crippen molar-refractivity contribution in [3.63, 3.8) is 0 Å². The van der Waals surface area contributed by atoms with Gasteiger partial charge in [0.15, 0.2) is 0 Å². The molecule has 0 spiro atoms. The first-order valence-electron chi connectivity index (χ1n) is 6.32. The molecule has 1 N–H and O–H groups in total.